The molecule has 1 N–H and O–H groups in total. The number of morpholine rings is 1. The predicted octanol–water partition coefficient (Wildman–Crippen LogP) is 2.73. The van der Waals surface area contributed by atoms with Crippen molar-refractivity contribution in [1.29, 1.82) is 0 Å². The summed E-state index contributed by atoms with van der Waals surface area (Å²) in [5.74, 6) is -0.0453. The Morgan fingerprint density at radius 3 is 2.54 bits per heavy atom. The molecule has 1 amide bonds. The third kappa shape index (κ3) is 3.27. The average molecular weight is 381 g/mol. The quantitative estimate of drug-likeness (QED) is 0.831. The van der Waals surface area contributed by atoms with Gasteiger partial charge in [-0.25, -0.2) is 0 Å². The Morgan fingerprint density at radius 2 is 1.86 bits per heavy atom. The number of carbonyl (C=O) groups is 2. The number of piperazine rings is 1. The van der Waals surface area contributed by atoms with Crippen LogP contribution in [0.25, 0.3) is 0 Å². The molecule has 1 aromatic carbocycles. The smallest absolute Gasteiger partial charge is 0.256 e. The number of hydrogen-bond acceptors (Lipinski definition) is 4. The Labute approximate surface area is 165 Å². The van der Waals surface area contributed by atoms with Crippen LogP contribution >= 0.6 is 0 Å². The third-order valence-corrected chi connectivity index (χ3v) is 5.99. The molecule has 2 saturated heterocycles. The number of rotatable bonds is 3. The Kier molecular flexibility index (Phi) is 5.08. The first-order chi connectivity index (χ1) is 13.5. The maximum atomic E-state index is 13.2. The van der Waals surface area contributed by atoms with Crippen LogP contribution in [0.1, 0.15) is 50.6 Å². The molecule has 0 radical (unpaired) electrons. The molecule has 1 aromatic heterocycles. The first kappa shape index (κ1) is 18.9. The fourth-order valence-electron chi connectivity index (χ4n) is 4.57. The van der Waals surface area contributed by atoms with Crippen LogP contribution in [0, 0.1) is 13.8 Å². The number of nitrogens with zero attached hydrogens (tertiary/aromatic N) is 2. The molecule has 0 aliphatic carbocycles. The van der Waals surface area contributed by atoms with E-state index in [1.165, 1.54) is 12.5 Å². The summed E-state index contributed by atoms with van der Waals surface area (Å²) < 4.78 is 5.89. The van der Waals surface area contributed by atoms with Crippen LogP contribution in [0.5, 0.6) is 0 Å². The van der Waals surface area contributed by atoms with Crippen LogP contribution in [-0.4, -0.2) is 65.4 Å². The van der Waals surface area contributed by atoms with E-state index < -0.39 is 0 Å². The number of amides is 1. The van der Waals surface area contributed by atoms with Gasteiger partial charge in [-0.1, -0.05) is 30.3 Å². The molecule has 3 heterocycles. The van der Waals surface area contributed by atoms with Gasteiger partial charge in [0.2, 0.25) is 0 Å². The van der Waals surface area contributed by atoms with E-state index in [0.29, 0.717) is 37.6 Å². The van der Waals surface area contributed by atoms with Crippen molar-refractivity contribution in [3.05, 3.63) is 58.4 Å². The molecule has 0 saturated carbocycles. The van der Waals surface area contributed by atoms with E-state index >= 15 is 0 Å². The summed E-state index contributed by atoms with van der Waals surface area (Å²) in [5.41, 5.74) is 3.94. The van der Waals surface area contributed by atoms with Gasteiger partial charge in [-0.05, 0) is 25.0 Å². The van der Waals surface area contributed by atoms with Gasteiger partial charge in [0.25, 0.3) is 5.91 Å². The molecule has 6 nitrogen and oxygen atoms in total. The molecule has 2 aliphatic rings. The highest BCUT2D eigenvalue weighted by molar-refractivity contribution is 6.02. The molecule has 2 fully saturated rings. The fraction of sp³-hybridized carbons (Fsp3) is 0.455. The first-order valence-corrected chi connectivity index (χ1v) is 9.85. The monoisotopic (exact) mass is 381 g/mol. The number of hydrogen-bond donors (Lipinski definition) is 1. The molecule has 2 atom stereocenters. The summed E-state index contributed by atoms with van der Waals surface area (Å²) in [6.45, 7) is 8.69. The van der Waals surface area contributed by atoms with Gasteiger partial charge in [-0.2, -0.15) is 0 Å². The van der Waals surface area contributed by atoms with Crippen LogP contribution in [0.2, 0.25) is 0 Å². The molecule has 2 unspecified atom stereocenters. The lowest BCUT2D eigenvalue weighted by Crippen LogP contribution is -2.60. The number of aromatic nitrogens is 1. The summed E-state index contributed by atoms with van der Waals surface area (Å²) in [7, 11) is 0. The molecular formula is C22H27N3O3. The Morgan fingerprint density at radius 1 is 1.11 bits per heavy atom. The summed E-state index contributed by atoms with van der Waals surface area (Å²) in [5, 5.41) is 0. The second-order valence-corrected chi connectivity index (χ2v) is 7.79. The fourth-order valence-corrected chi connectivity index (χ4v) is 4.57. The standard InChI is InChI=1S/C22H27N3O3/c1-14-20(15(2)23-21(14)16(3)26)22(27)24-9-10-25-18(11-24)12-28-13-19(25)17-7-5-4-6-8-17/h4-8,18-19,23H,9-13H2,1-3H3. The number of carbonyl (C=O) groups excluding carboxylic acids is 2. The molecule has 4 rings (SSSR count). The van der Waals surface area contributed by atoms with E-state index in [2.05, 4.69) is 34.1 Å². The van der Waals surface area contributed by atoms with Gasteiger partial charge in [0.1, 0.15) is 0 Å². The summed E-state index contributed by atoms with van der Waals surface area (Å²) in [6, 6.07) is 10.8. The maximum Gasteiger partial charge on any atom is 0.256 e. The van der Waals surface area contributed by atoms with Gasteiger partial charge in [-0.15, -0.1) is 0 Å². The van der Waals surface area contributed by atoms with Gasteiger partial charge in [0.05, 0.1) is 36.6 Å². The molecule has 0 spiro atoms. The molecule has 28 heavy (non-hydrogen) atoms. The maximum absolute atomic E-state index is 13.2. The number of nitrogens with one attached hydrogen (secondary N) is 1. The molecule has 6 heteroatoms. The van der Waals surface area contributed by atoms with Crippen molar-refractivity contribution in [2.24, 2.45) is 0 Å². The van der Waals surface area contributed by atoms with Gasteiger partial charge < -0.3 is 14.6 Å². The normalized spacial score (nSPS) is 22.8. The topological polar surface area (TPSA) is 65.6 Å². The number of ether oxygens (including phenoxy) is 1. The van der Waals surface area contributed by atoms with E-state index in [9.17, 15) is 9.59 Å². The van der Waals surface area contributed by atoms with Gasteiger partial charge in [0, 0.05) is 32.3 Å². The average Bonchev–Trinajstić information content (AvgIpc) is 3.01. The zero-order chi connectivity index (χ0) is 19.8. The summed E-state index contributed by atoms with van der Waals surface area (Å²) in [6.07, 6.45) is 0. The highest BCUT2D eigenvalue weighted by Crippen LogP contribution is 2.30. The second-order valence-electron chi connectivity index (χ2n) is 7.79. The zero-order valence-electron chi connectivity index (χ0n) is 16.7. The first-order valence-electron chi connectivity index (χ1n) is 9.85. The number of aromatic amines is 1. The Bertz CT molecular complexity index is 890. The molecular weight excluding hydrogens is 354 g/mol. The van der Waals surface area contributed by atoms with E-state index in [1.54, 1.807) is 0 Å². The number of aryl methyl sites for hydroxylation is 1. The number of benzene rings is 1. The number of H-pyrrole nitrogens is 1. The lowest BCUT2D eigenvalue weighted by Gasteiger charge is -2.48. The van der Waals surface area contributed by atoms with Gasteiger partial charge >= 0.3 is 0 Å². The van der Waals surface area contributed by atoms with Gasteiger partial charge in [-0.3, -0.25) is 14.5 Å². The Balaban J connectivity index is 1.53. The van der Waals surface area contributed by atoms with E-state index in [1.807, 2.05) is 24.8 Å². The minimum absolute atomic E-state index is 0.000217. The SMILES string of the molecule is CC(=O)c1[nH]c(C)c(C(=O)N2CCN3C(COCC3c3ccccc3)C2)c1C. The zero-order valence-corrected chi connectivity index (χ0v) is 16.7. The van der Waals surface area contributed by atoms with Crippen molar-refractivity contribution < 1.29 is 14.3 Å². The van der Waals surface area contributed by atoms with Crippen LogP contribution in [0.15, 0.2) is 30.3 Å². The van der Waals surface area contributed by atoms with Crippen molar-refractivity contribution in [1.82, 2.24) is 14.8 Å². The third-order valence-electron chi connectivity index (χ3n) is 5.99. The summed E-state index contributed by atoms with van der Waals surface area (Å²) in [4.78, 5) is 32.5. The van der Waals surface area contributed by atoms with Crippen molar-refractivity contribution in [3.63, 3.8) is 0 Å². The van der Waals surface area contributed by atoms with Crippen molar-refractivity contribution in [3.8, 4) is 0 Å². The van der Waals surface area contributed by atoms with E-state index in [-0.39, 0.29) is 23.8 Å². The molecule has 148 valence electrons. The van der Waals surface area contributed by atoms with Crippen molar-refractivity contribution >= 4 is 11.7 Å². The second kappa shape index (κ2) is 7.53. The van der Waals surface area contributed by atoms with Crippen molar-refractivity contribution in [2.75, 3.05) is 32.8 Å². The molecule has 2 aromatic rings. The van der Waals surface area contributed by atoms with Gasteiger partial charge in [0.15, 0.2) is 5.78 Å². The lowest BCUT2D eigenvalue weighted by molar-refractivity contribution is -0.0770. The number of Topliss-reactive ketones (excluding diaryl/α,β-unsaturated/α-hetero) is 1. The van der Waals surface area contributed by atoms with Crippen LogP contribution in [0.4, 0.5) is 0 Å². The highest BCUT2D eigenvalue weighted by Gasteiger charge is 2.38. The predicted molar refractivity (Wildman–Crippen MR) is 107 cm³/mol. The minimum Gasteiger partial charge on any atom is -0.378 e. The van der Waals surface area contributed by atoms with Crippen LogP contribution in [0.3, 0.4) is 0 Å². The minimum atomic E-state index is -0.0455. The van der Waals surface area contributed by atoms with E-state index in [4.69, 9.17) is 4.74 Å². The molecule has 0 bridgehead atoms. The number of ketones is 1. The largest absolute Gasteiger partial charge is 0.378 e. The number of fused-ring (bicyclic) bond motifs is 1. The van der Waals surface area contributed by atoms with Crippen LogP contribution < -0.4 is 0 Å². The highest BCUT2D eigenvalue weighted by atomic mass is 16.5. The summed E-state index contributed by atoms with van der Waals surface area (Å²) >= 11 is 0. The Hall–Kier alpha value is -2.44. The lowest BCUT2D eigenvalue weighted by atomic mass is 9.99. The van der Waals surface area contributed by atoms with Crippen LogP contribution in [-0.2, 0) is 4.74 Å². The molecule has 2 aliphatic heterocycles. The van der Waals surface area contributed by atoms with E-state index in [0.717, 1.165) is 17.8 Å². The van der Waals surface area contributed by atoms with Crippen molar-refractivity contribution in [2.45, 2.75) is 32.9 Å².